The molecule has 0 aromatic heterocycles. The van der Waals surface area contributed by atoms with E-state index < -0.39 is 0 Å². The van der Waals surface area contributed by atoms with E-state index in [-0.39, 0.29) is 6.03 Å². The molecular weight excluding hydrogens is 328 g/mol. The van der Waals surface area contributed by atoms with Crippen molar-refractivity contribution in [1.82, 2.24) is 10.6 Å². The van der Waals surface area contributed by atoms with Crippen LogP contribution in [0.5, 0.6) is 11.5 Å². The Morgan fingerprint density at radius 1 is 1.08 bits per heavy atom. The Hall–Kier alpha value is -2.66. The van der Waals surface area contributed by atoms with E-state index in [1.807, 2.05) is 36.4 Å². The molecule has 24 heavy (non-hydrogen) atoms. The van der Waals surface area contributed by atoms with Crippen molar-refractivity contribution in [1.29, 1.82) is 0 Å². The van der Waals surface area contributed by atoms with Crippen LogP contribution >= 0.6 is 11.6 Å². The van der Waals surface area contributed by atoms with E-state index in [1.54, 1.807) is 31.5 Å². The Balaban J connectivity index is 1.63. The van der Waals surface area contributed by atoms with Gasteiger partial charge in [-0.2, -0.15) is 0 Å². The zero-order valence-electron chi connectivity index (χ0n) is 13.3. The summed E-state index contributed by atoms with van der Waals surface area (Å²) in [5, 5.41) is 6.00. The van der Waals surface area contributed by atoms with Crippen LogP contribution in [0.2, 0.25) is 5.02 Å². The summed E-state index contributed by atoms with van der Waals surface area (Å²) in [6, 6.07) is 14.3. The molecule has 2 amide bonds. The van der Waals surface area contributed by atoms with E-state index in [9.17, 15) is 4.79 Å². The first kappa shape index (κ1) is 17.7. The third kappa shape index (κ3) is 6.22. The Labute approximate surface area is 146 Å². The molecule has 6 heteroatoms. The molecule has 126 valence electrons. The number of ether oxygens (including phenoxy) is 2. The van der Waals surface area contributed by atoms with Crippen LogP contribution in [0.1, 0.15) is 5.56 Å². The van der Waals surface area contributed by atoms with Crippen LogP contribution in [-0.4, -0.2) is 26.3 Å². The molecule has 2 aromatic carbocycles. The Morgan fingerprint density at radius 3 is 2.42 bits per heavy atom. The fourth-order valence-electron chi connectivity index (χ4n) is 1.84. The van der Waals surface area contributed by atoms with Gasteiger partial charge in [0.15, 0.2) is 0 Å². The highest BCUT2D eigenvalue weighted by Crippen LogP contribution is 2.16. The average molecular weight is 347 g/mol. The number of hydrogen-bond donors (Lipinski definition) is 2. The van der Waals surface area contributed by atoms with Gasteiger partial charge in [0.05, 0.1) is 13.7 Å². The van der Waals surface area contributed by atoms with E-state index in [0.717, 1.165) is 17.1 Å². The van der Waals surface area contributed by atoms with Crippen LogP contribution in [0.3, 0.4) is 0 Å². The zero-order chi connectivity index (χ0) is 17.2. The number of rotatable bonds is 7. The number of carbonyl (C=O) groups excluding carboxylic acids is 1. The summed E-state index contributed by atoms with van der Waals surface area (Å²) in [5.74, 6) is 1.49. The molecule has 0 unspecified atom stereocenters. The van der Waals surface area contributed by atoms with Crippen molar-refractivity contribution < 1.29 is 14.3 Å². The molecule has 5 nitrogen and oxygen atoms in total. The first-order chi connectivity index (χ1) is 11.7. The van der Waals surface area contributed by atoms with E-state index in [4.69, 9.17) is 21.1 Å². The number of amides is 2. The van der Waals surface area contributed by atoms with Gasteiger partial charge in [-0.1, -0.05) is 23.7 Å². The molecule has 0 spiro atoms. The smallest absolute Gasteiger partial charge is 0.318 e. The maximum Gasteiger partial charge on any atom is 0.318 e. The molecule has 0 radical (unpaired) electrons. The van der Waals surface area contributed by atoms with Crippen molar-refractivity contribution in [2.75, 3.05) is 20.3 Å². The maximum absolute atomic E-state index is 11.6. The maximum atomic E-state index is 11.6. The highest BCUT2D eigenvalue weighted by molar-refractivity contribution is 6.30. The highest BCUT2D eigenvalue weighted by atomic mass is 35.5. The lowest BCUT2D eigenvalue weighted by molar-refractivity contribution is 0.239. The molecule has 0 aliphatic heterocycles. The van der Waals surface area contributed by atoms with Gasteiger partial charge in [0, 0.05) is 11.2 Å². The minimum Gasteiger partial charge on any atom is -0.497 e. The second-order valence-corrected chi connectivity index (χ2v) is 5.25. The van der Waals surface area contributed by atoms with Gasteiger partial charge in [-0.15, -0.1) is 0 Å². The lowest BCUT2D eigenvalue weighted by Crippen LogP contribution is -2.34. The van der Waals surface area contributed by atoms with Gasteiger partial charge in [-0.3, -0.25) is 0 Å². The number of methoxy groups -OCH3 is 1. The zero-order valence-corrected chi connectivity index (χ0v) is 14.0. The number of hydrogen-bond acceptors (Lipinski definition) is 3. The highest BCUT2D eigenvalue weighted by Gasteiger charge is 1.98. The van der Waals surface area contributed by atoms with E-state index in [1.165, 1.54) is 0 Å². The first-order valence-corrected chi connectivity index (χ1v) is 7.78. The van der Waals surface area contributed by atoms with Gasteiger partial charge in [0.2, 0.25) is 0 Å². The molecule has 0 saturated carbocycles. The average Bonchev–Trinajstić information content (AvgIpc) is 2.61. The van der Waals surface area contributed by atoms with Crippen molar-refractivity contribution in [2.45, 2.75) is 0 Å². The van der Waals surface area contributed by atoms with Gasteiger partial charge in [0.25, 0.3) is 0 Å². The molecule has 0 fully saturated rings. The van der Waals surface area contributed by atoms with E-state index in [0.29, 0.717) is 18.2 Å². The van der Waals surface area contributed by atoms with Gasteiger partial charge in [-0.25, -0.2) is 4.79 Å². The molecule has 0 heterocycles. The van der Waals surface area contributed by atoms with Crippen molar-refractivity contribution >= 4 is 23.7 Å². The number of nitrogens with one attached hydrogen (secondary N) is 2. The summed E-state index contributed by atoms with van der Waals surface area (Å²) in [5.41, 5.74) is 0.947. The van der Waals surface area contributed by atoms with Crippen molar-refractivity contribution in [3.8, 4) is 11.5 Å². The Kier molecular flexibility index (Phi) is 6.98. The molecule has 0 bridgehead atoms. The number of halogens is 1. The van der Waals surface area contributed by atoms with Crippen LogP contribution in [0.15, 0.2) is 54.7 Å². The monoisotopic (exact) mass is 346 g/mol. The summed E-state index contributed by atoms with van der Waals surface area (Å²) in [6.45, 7) is 0.771. The van der Waals surface area contributed by atoms with Gasteiger partial charge < -0.3 is 20.1 Å². The minimum absolute atomic E-state index is 0.293. The molecule has 0 atom stereocenters. The largest absolute Gasteiger partial charge is 0.497 e. The molecule has 2 aromatic rings. The Bertz CT molecular complexity index is 670. The quantitative estimate of drug-likeness (QED) is 0.751. The molecular formula is C18H19ClN2O3. The van der Waals surface area contributed by atoms with Crippen molar-refractivity contribution in [3.63, 3.8) is 0 Å². The second kappa shape index (κ2) is 9.47. The molecule has 0 aliphatic carbocycles. The van der Waals surface area contributed by atoms with Crippen molar-refractivity contribution in [2.24, 2.45) is 0 Å². The van der Waals surface area contributed by atoms with Crippen molar-refractivity contribution in [3.05, 3.63) is 65.3 Å². The van der Waals surface area contributed by atoms with E-state index in [2.05, 4.69) is 10.6 Å². The van der Waals surface area contributed by atoms with Crippen LogP contribution in [0.25, 0.3) is 6.08 Å². The SMILES string of the molecule is COc1ccc(OCCNC(=O)N/C=C/c2ccc(Cl)cc2)cc1. The van der Waals surface area contributed by atoms with Crippen LogP contribution < -0.4 is 20.1 Å². The van der Waals surface area contributed by atoms with Gasteiger partial charge >= 0.3 is 6.03 Å². The molecule has 0 aliphatic rings. The standard InChI is InChI=1S/C18H19ClN2O3/c1-23-16-6-8-17(9-7-16)24-13-12-21-18(22)20-11-10-14-2-4-15(19)5-3-14/h2-11H,12-13H2,1H3,(H2,20,21,22)/b11-10+. The van der Waals surface area contributed by atoms with Crippen LogP contribution in [0.4, 0.5) is 4.79 Å². The van der Waals surface area contributed by atoms with Gasteiger partial charge in [0.1, 0.15) is 18.1 Å². The van der Waals surface area contributed by atoms with Gasteiger partial charge in [-0.05, 0) is 48.0 Å². The molecule has 0 saturated heterocycles. The summed E-state index contributed by atoms with van der Waals surface area (Å²) < 4.78 is 10.6. The second-order valence-electron chi connectivity index (χ2n) is 4.81. The fourth-order valence-corrected chi connectivity index (χ4v) is 1.97. The van der Waals surface area contributed by atoms with E-state index >= 15 is 0 Å². The predicted molar refractivity (Wildman–Crippen MR) is 95.5 cm³/mol. The number of carbonyl (C=O) groups is 1. The van der Waals surface area contributed by atoms with Crippen LogP contribution in [-0.2, 0) is 0 Å². The lowest BCUT2D eigenvalue weighted by atomic mass is 10.2. The summed E-state index contributed by atoms with van der Waals surface area (Å²) in [6.07, 6.45) is 3.35. The molecule has 2 rings (SSSR count). The molecule has 2 N–H and O–H groups in total. The minimum atomic E-state index is -0.293. The lowest BCUT2D eigenvalue weighted by Gasteiger charge is -2.08. The third-order valence-corrected chi connectivity index (χ3v) is 3.33. The normalized spacial score (nSPS) is 10.4. The first-order valence-electron chi connectivity index (χ1n) is 7.41. The Morgan fingerprint density at radius 2 is 1.75 bits per heavy atom. The fraction of sp³-hybridized carbons (Fsp3) is 0.167. The third-order valence-electron chi connectivity index (χ3n) is 3.08. The summed E-state index contributed by atoms with van der Waals surface area (Å²) >= 11 is 5.80. The topological polar surface area (TPSA) is 59.6 Å². The summed E-state index contributed by atoms with van der Waals surface area (Å²) in [7, 11) is 1.61. The van der Waals surface area contributed by atoms with Crippen LogP contribution in [0, 0.1) is 0 Å². The summed E-state index contributed by atoms with van der Waals surface area (Å²) in [4.78, 5) is 11.6. The predicted octanol–water partition coefficient (Wildman–Crippen LogP) is 3.70. The number of benzene rings is 2. The number of urea groups is 1.